The molecule has 0 bridgehead atoms. The highest BCUT2D eigenvalue weighted by atomic mass is 16.5. The second-order valence-corrected chi connectivity index (χ2v) is 7.72. The van der Waals surface area contributed by atoms with Crippen LogP contribution in [0.3, 0.4) is 0 Å². The Balaban J connectivity index is 1.98. The van der Waals surface area contributed by atoms with Gasteiger partial charge in [-0.1, -0.05) is 35.9 Å². The largest absolute Gasteiger partial charge is 0.377 e. The van der Waals surface area contributed by atoms with Gasteiger partial charge in [0.25, 0.3) is 11.8 Å². The number of ether oxygens (including phenoxy) is 1. The molecule has 0 saturated heterocycles. The predicted molar refractivity (Wildman–Crippen MR) is 115 cm³/mol. The molecule has 0 unspecified atom stereocenters. The van der Waals surface area contributed by atoms with Crippen LogP contribution in [0, 0.1) is 20.8 Å². The number of aryl methyl sites for hydroxylation is 3. The molecule has 2 aromatic carbocycles. The van der Waals surface area contributed by atoms with E-state index >= 15 is 0 Å². The highest BCUT2D eigenvalue weighted by Gasteiger charge is 2.39. The van der Waals surface area contributed by atoms with Gasteiger partial charge in [0.05, 0.1) is 24.8 Å². The average molecular weight is 392 g/mol. The van der Waals surface area contributed by atoms with Crippen molar-refractivity contribution in [3.8, 4) is 0 Å². The SMILES string of the molecule is Cc1ccc(NC2=C(c3ccc(C)c(C)c3)C(=O)N(CCOC(C)C)C2=O)cc1. The number of amides is 2. The molecule has 152 valence electrons. The van der Waals surface area contributed by atoms with E-state index in [0.717, 1.165) is 27.9 Å². The van der Waals surface area contributed by atoms with Crippen molar-refractivity contribution in [2.75, 3.05) is 18.5 Å². The third kappa shape index (κ3) is 4.57. The zero-order chi connectivity index (χ0) is 21.1. The van der Waals surface area contributed by atoms with Crippen LogP contribution in [0.5, 0.6) is 0 Å². The Bertz CT molecular complexity index is 959. The molecule has 2 aromatic rings. The lowest BCUT2D eigenvalue weighted by Crippen LogP contribution is -2.35. The van der Waals surface area contributed by atoms with Gasteiger partial charge in [-0.2, -0.15) is 0 Å². The lowest BCUT2D eigenvalue weighted by Gasteiger charge is -2.16. The number of carbonyl (C=O) groups is 2. The summed E-state index contributed by atoms with van der Waals surface area (Å²) < 4.78 is 5.56. The first-order valence-corrected chi connectivity index (χ1v) is 9.91. The number of hydrogen-bond acceptors (Lipinski definition) is 4. The van der Waals surface area contributed by atoms with E-state index in [1.165, 1.54) is 4.90 Å². The van der Waals surface area contributed by atoms with Gasteiger partial charge in [0, 0.05) is 5.69 Å². The fraction of sp³-hybridized carbons (Fsp3) is 0.333. The van der Waals surface area contributed by atoms with Crippen molar-refractivity contribution in [2.45, 2.75) is 40.7 Å². The molecule has 0 aliphatic carbocycles. The Morgan fingerprint density at radius 1 is 0.931 bits per heavy atom. The van der Waals surface area contributed by atoms with Crippen LogP contribution in [0.2, 0.25) is 0 Å². The molecule has 2 amide bonds. The maximum Gasteiger partial charge on any atom is 0.278 e. The molecule has 0 spiro atoms. The summed E-state index contributed by atoms with van der Waals surface area (Å²) in [6.45, 7) is 10.4. The molecule has 1 aliphatic rings. The number of hydrogen-bond donors (Lipinski definition) is 1. The van der Waals surface area contributed by atoms with Crippen molar-refractivity contribution in [1.82, 2.24) is 4.90 Å². The van der Waals surface area contributed by atoms with Crippen molar-refractivity contribution in [1.29, 1.82) is 0 Å². The number of carbonyl (C=O) groups excluding carboxylic acids is 2. The van der Waals surface area contributed by atoms with Gasteiger partial charge in [0.15, 0.2) is 0 Å². The van der Waals surface area contributed by atoms with Gasteiger partial charge in [-0.3, -0.25) is 14.5 Å². The maximum atomic E-state index is 13.2. The van der Waals surface area contributed by atoms with Gasteiger partial charge in [-0.05, 0) is 63.4 Å². The third-order valence-electron chi connectivity index (χ3n) is 5.05. The lowest BCUT2D eigenvalue weighted by atomic mass is 9.99. The molecule has 0 radical (unpaired) electrons. The van der Waals surface area contributed by atoms with Crippen LogP contribution in [0.15, 0.2) is 48.2 Å². The smallest absolute Gasteiger partial charge is 0.278 e. The van der Waals surface area contributed by atoms with E-state index in [-0.39, 0.29) is 24.5 Å². The fourth-order valence-corrected chi connectivity index (χ4v) is 3.22. The molecule has 1 aliphatic heterocycles. The van der Waals surface area contributed by atoms with Crippen LogP contribution in [0.25, 0.3) is 5.57 Å². The normalized spacial score (nSPS) is 14.3. The van der Waals surface area contributed by atoms with Crippen molar-refractivity contribution in [3.05, 3.63) is 70.4 Å². The number of benzene rings is 2. The molecule has 29 heavy (non-hydrogen) atoms. The monoisotopic (exact) mass is 392 g/mol. The van der Waals surface area contributed by atoms with Crippen LogP contribution in [0.1, 0.15) is 36.1 Å². The van der Waals surface area contributed by atoms with E-state index in [9.17, 15) is 9.59 Å². The summed E-state index contributed by atoms with van der Waals surface area (Å²) in [6.07, 6.45) is 0.0418. The molecule has 0 aromatic heterocycles. The minimum atomic E-state index is -0.323. The van der Waals surface area contributed by atoms with Crippen LogP contribution in [0.4, 0.5) is 5.69 Å². The molecule has 5 heteroatoms. The average Bonchev–Trinajstić information content (AvgIpc) is 2.90. The summed E-state index contributed by atoms with van der Waals surface area (Å²) in [5.41, 5.74) is 5.57. The van der Waals surface area contributed by atoms with Gasteiger partial charge in [0.1, 0.15) is 5.70 Å². The summed E-state index contributed by atoms with van der Waals surface area (Å²) in [4.78, 5) is 27.6. The van der Waals surface area contributed by atoms with Gasteiger partial charge >= 0.3 is 0 Å². The van der Waals surface area contributed by atoms with Crippen LogP contribution in [-0.2, 0) is 14.3 Å². The van der Waals surface area contributed by atoms with Crippen molar-refractivity contribution >= 4 is 23.1 Å². The molecule has 5 nitrogen and oxygen atoms in total. The Hall–Kier alpha value is -2.92. The molecule has 3 rings (SSSR count). The molecule has 0 fully saturated rings. The quantitative estimate of drug-likeness (QED) is 0.717. The number of imide groups is 1. The molecular formula is C24H28N2O3. The Morgan fingerprint density at radius 3 is 2.24 bits per heavy atom. The topological polar surface area (TPSA) is 58.6 Å². The van der Waals surface area contributed by atoms with Gasteiger partial charge in [-0.15, -0.1) is 0 Å². The van der Waals surface area contributed by atoms with Crippen molar-refractivity contribution in [3.63, 3.8) is 0 Å². The summed E-state index contributed by atoms with van der Waals surface area (Å²) in [7, 11) is 0. The van der Waals surface area contributed by atoms with Gasteiger partial charge < -0.3 is 10.1 Å². The van der Waals surface area contributed by atoms with E-state index in [1.807, 2.05) is 77.1 Å². The molecule has 0 atom stereocenters. The third-order valence-corrected chi connectivity index (χ3v) is 5.05. The summed E-state index contributed by atoms with van der Waals surface area (Å²) in [5.74, 6) is -0.614. The Labute approximate surface area is 172 Å². The first-order chi connectivity index (χ1) is 13.8. The summed E-state index contributed by atoms with van der Waals surface area (Å²) >= 11 is 0. The lowest BCUT2D eigenvalue weighted by molar-refractivity contribution is -0.137. The van der Waals surface area contributed by atoms with E-state index in [4.69, 9.17) is 4.74 Å². The summed E-state index contributed by atoms with van der Waals surface area (Å²) in [6, 6.07) is 13.6. The number of nitrogens with zero attached hydrogens (tertiary/aromatic N) is 1. The van der Waals surface area contributed by atoms with Gasteiger partial charge in [-0.25, -0.2) is 0 Å². The molecule has 1 heterocycles. The van der Waals surface area contributed by atoms with E-state index < -0.39 is 0 Å². The minimum absolute atomic E-state index is 0.0418. The first-order valence-electron chi connectivity index (χ1n) is 9.91. The molecular weight excluding hydrogens is 364 g/mol. The van der Waals surface area contributed by atoms with Gasteiger partial charge in [0.2, 0.25) is 0 Å². The van der Waals surface area contributed by atoms with Crippen LogP contribution >= 0.6 is 0 Å². The molecule has 0 saturated carbocycles. The standard InChI is InChI=1S/C24H28N2O3/c1-15(2)29-13-12-26-23(27)21(19-9-8-17(4)18(5)14-19)22(24(26)28)25-20-10-6-16(3)7-11-20/h6-11,14-15,25H,12-13H2,1-5H3. The Morgan fingerprint density at radius 2 is 1.62 bits per heavy atom. The Kier molecular flexibility index (Phi) is 6.18. The second-order valence-electron chi connectivity index (χ2n) is 7.72. The number of rotatable bonds is 7. The zero-order valence-corrected chi connectivity index (χ0v) is 17.7. The minimum Gasteiger partial charge on any atom is -0.377 e. The number of anilines is 1. The fourth-order valence-electron chi connectivity index (χ4n) is 3.22. The van der Waals surface area contributed by atoms with Crippen molar-refractivity contribution < 1.29 is 14.3 Å². The van der Waals surface area contributed by atoms with E-state index in [2.05, 4.69) is 5.32 Å². The van der Waals surface area contributed by atoms with Crippen molar-refractivity contribution in [2.24, 2.45) is 0 Å². The highest BCUT2D eigenvalue weighted by Crippen LogP contribution is 2.31. The van der Waals surface area contributed by atoms with Crippen LogP contribution in [-0.4, -0.2) is 36.0 Å². The second kappa shape index (κ2) is 8.62. The first kappa shape index (κ1) is 20.8. The number of nitrogens with one attached hydrogen (secondary N) is 1. The summed E-state index contributed by atoms with van der Waals surface area (Å²) in [5, 5.41) is 3.19. The van der Waals surface area contributed by atoms with Crippen LogP contribution < -0.4 is 5.32 Å². The van der Waals surface area contributed by atoms with E-state index in [0.29, 0.717) is 17.9 Å². The maximum absolute atomic E-state index is 13.2. The highest BCUT2D eigenvalue weighted by molar-refractivity contribution is 6.36. The van der Waals surface area contributed by atoms with E-state index in [1.54, 1.807) is 0 Å². The molecule has 1 N–H and O–H groups in total. The zero-order valence-electron chi connectivity index (χ0n) is 17.7. The predicted octanol–water partition coefficient (Wildman–Crippen LogP) is 4.23.